The maximum absolute atomic E-state index is 13.4. The topological polar surface area (TPSA) is 68.0 Å². The van der Waals surface area contributed by atoms with Crippen LogP contribution in [0.4, 0.5) is 24.5 Å². The number of rotatable bonds is 2. The molecular formula is C13H10F3N3O. The summed E-state index contributed by atoms with van der Waals surface area (Å²) < 4.78 is 39.4. The molecule has 0 aliphatic carbocycles. The Hall–Kier alpha value is -2.57. The number of benzene rings is 1. The van der Waals surface area contributed by atoms with Gasteiger partial charge >= 0.3 is 0 Å². The number of nitrogen functional groups attached to an aromatic ring is 1. The minimum atomic E-state index is -1.39. The minimum Gasteiger partial charge on any atom is -0.398 e. The first kappa shape index (κ1) is 13.9. The zero-order valence-corrected chi connectivity index (χ0v) is 10.4. The van der Waals surface area contributed by atoms with Crippen LogP contribution in [-0.4, -0.2) is 10.9 Å². The van der Waals surface area contributed by atoms with Crippen molar-refractivity contribution in [1.29, 1.82) is 0 Å². The van der Waals surface area contributed by atoms with Crippen LogP contribution in [0.5, 0.6) is 0 Å². The van der Waals surface area contributed by atoms with Crippen LogP contribution in [0.2, 0.25) is 0 Å². The second kappa shape index (κ2) is 5.20. The molecule has 1 heterocycles. The van der Waals surface area contributed by atoms with Crippen LogP contribution in [-0.2, 0) is 0 Å². The number of hydrogen-bond donors (Lipinski definition) is 2. The molecule has 0 bridgehead atoms. The predicted octanol–water partition coefficient (Wildman–Crippen LogP) is 2.64. The van der Waals surface area contributed by atoms with Crippen LogP contribution < -0.4 is 11.1 Å². The number of nitrogens with two attached hydrogens (primary N) is 1. The van der Waals surface area contributed by atoms with Gasteiger partial charge in [0.15, 0.2) is 11.6 Å². The van der Waals surface area contributed by atoms with Crippen LogP contribution in [0.25, 0.3) is 0 Å². The molecule has 2 aromatic rings. The molecule has 3 N–H and O–H groups in total. The van der Waals surface area contributed by atoms with Gasteiger partial charge in [-0.25, -0.2) is 13.2 Å². The zero-order valence-electron chi connectivity index (χ0n) is 10.4. The molecular weight excluding hydrogens is 271 g/mol. The Labute approximate surface area is 112 Å². The van der Waals surface area contributed by atoms with Gasteiger partial charge in [0, 0.05) is 29.7 Å². The summed E-state index contributed by atoms with van der Waals surface area (Å²) in [4.78, 5) is 15.8. The van der Waals surface area contributed by atoms with Crippen molar-refractivity contribution in [3.63, 3.8) is 0 Å². The van der Waals surface area contributed by atoms with Crippen molar-refractivity contribution in [2.24, 2.45) is 0 Å². The Morgan fingerprint density at radius 1 is 1.25 bits per heavy atom. The third kappa shape index (κ3) is 2.71. The molecule has 1 amide bonds. The van der Waals surface area contributed by atoms with Gasteiger partial charge in [-0.05, 0) is 13.0 Å². The van der Waals surface area contributed by atoms with E-state index in [9.17, 15) is 18.0 Å². The highest BCUT2D eigenvalue weighted by atomic mass is 19.2. The molecule has 0 aliphatic rings. The van der Waals surface area contributed by atoms with Crippen LogP contribution in [0.15, 0.2) is 24.4 Å². The van der Waals surface area contributed by atoms with E-state index in [1.165, 1.54) is 12.3 Å². The van der Waals surface area contributed by atoms with Crippen LogP contribution in [0.3, 0.4) is 0 Å². The molecule has 4 nitrogen and oxygen atoms in total. The van der Waals surface area contributed by atoms with E-state index in [1.807, 2.05) is 0 Å². The Morgan fingerprint density at radius 3 is 2.60 bits per heavy atom. The Morgan fingerprint density at radius 2 is 1.95 bits per heavy atom. The summed E-state index contributed by atoms with van der Waals surface area (Å²) in [6.45, 7) is 1.68. The Kier molecular flexibility index (Phi) is 3.60. The summed E-state index contributed by atoms with van der Waals surface area (Å²) in [5.74, 6) is -4.55. The van der Waals surface area contributed by atoms with E-state index in [1.54, 1.807) is 6.92 Å². The number of nitrogens with one attached hydrogen (secondary N) is 1. The van der Waals surface area contributed by atoms with Crippen LogP contribution in [0, 0.1) is 24.4 Å². The second-order valence-corrected chi connectivity index (χ2v) is 4.12. The van der Waals surface area contributed by atoms with Gasteiger partial charge in [-0.1, -0.05) is 0 Å². The summed E-state index contributed by atoms with van der Waals surface area (Å²) >= 11 is 0. The smallest absolute Gasteiger partial charge is 0.259 e. The van der Waals surface area contributed by atoms with Crippen LogP contribution >= 0.6 is 0 Å². The first-order chi connectivity index (χ1) is 9.38. The number of carbonyl (C=O) groups is 1. The van der Waals surface area contributed by atoms with E-state index in [4.69, 9.17) is 5.73 Å². The van der Waals surface area contributed by atoms with Gasteiger partial charge < -0.3 is 11.1 Å². The van der Waals surface area contributed by atoms with E-state index in [0.717, 1.165) is 0 Å². The van der Waals surface area contributed by atoms with Gasteiger partial charge in [0.2, 0.25) is 0 Å². The molecule has 1 aromatic carbocycles. The maximum atomic E-state index is 13.4. The van der Waals surface area contributed by atoms with Crippen molar-refractivity contribution in [3.05, 3.63) is 53.1 Å². The molecule has 7 heteroatoms. The number of amides is 1. The molecule has 2 rings (SSSR count). The van der Waals surface area contributed by atoms with Gasteiger partial charge in [0.1, 0.15) is 5.82 Å². The average Bonchev–Trinajstić information content (AvgIpc) is 2.35. The maximum Gasteiger partial charge on any atom is 0.259 e. The largest absolute Gasteiger partial charge is 0.398 e. The summed E-state index contributed by atoms with van der Waals surface area (Å²) in [7, 11) is 0. The molecule has 0 radical (unpaired) electrons. The number of aryl methyl sites for hydroxylation is 1. The quantitative estimate of drug-likeness (QED) is 0.831. The third-order valence-corrected chi connectivity index (χ3v) is 2.56. The highest BCUT2D eigenvalue weighted by Crippen LogP contribution is 2.21. The molecule has 0 atom stereocenters. The van der Waals surface area contributed by atoms with Crippen molar-refractivity contribution >= 4 is 17.3 Å². The lowest BCUT2D eigenvalue weighted by atomic mass is 10.2. The van der Waals surface area contributed by atoms with Crippen molar-refractivity contribution in [1.82, 2.24) is 4.98 Å². The molecule has 0 spiro atoms. The minimum absolute atomic E-state index is 0.0142. The van der Waals surface area contributed by atoms with E-state index >= 15 is 0 Å². The Bertz CT molecular complexity index is 689. The Balaban J connectivity index is 2.32. The fraction of sp³-hybridized carbons (Fsp3) is 0.0769. The lowest BCUT2D eigenvalue weighted by Crippen LogP contribution is -2.16. The summed E-state index contributed by atoms with van der Waals surface area (Å²) in [6.07, 6.45) is 1.20. The molecule has 0 saturated carbocycles. The number of aromatic nitrogens is 1. The molecule has 104 valence electrons. The number of hydrogen-bond acceptors (Lipinski definition) is 3. The highest BCUT2D eigenvalue weighted by molar-refractivity contribution is 6.07. The van der Waals surface area contributed by atoms with Crippen molar-refractivity contribution < 1.29 is 18.0 Å². The van der Waals surface area contributed by atoms with E-state index in [2.05, 4.69) is 10.3 Å². The lowest BCUT2D eigenvalue weighted by molar-refractivity contribution is 0.102. The van der Waals surface area contributed by atoms with E-state index in [-0.39, 0.29) is 11.3 Å². The number of pyridine rings is 1. The molecule has 1 aromatic heterocycles. The third-order valence-electron chi connectivity index (χ3n) is 2.56. The first-order valence-corrected chi connectivity index (χ1v) is 5.56. The fourth-order valence-corrected chi connectivity index (χ4v) is 1.61. The van der Waals surface area contributed by atoms with Crippen molar-refractivity contribution in [3.8, 4) is 0 Å². The highest BCUT2D eigenvalue weighted by Gasteiger charge is 2.16. The van der Waals surface area contributed by atoms with Crippen molar-refractivity contribution in [2.45, 2.75) is 6.92 Å². The van der Waals surface area contributed by atoms with Gasteiger partial charge in [0.05, 0.1) is 11.3 Å². The molecule has 20 heavy (non-hydrogen) atoms. The number of carbonyl (C=O) groups excluding carboxylic acids is 1. The summed E-state index contributed by atoms with van der Waals surface area (Å²) in [5, 5.41) is 2.05. The van der Waals surface area contributed by atoms with Gasteiger partial charge in [-0.15, -0.1) is 0 Å². The van der Waals surface area contributed by atoms with E-state index in [0.29, 0.717) is 17.8 Å². The molecule has 0 saturated heterocycles. The monoisotopic (exact) mass is 281 g/mol. The molecule has 0 unspecified atom stereocenters. The van der Waals surface area contributed by atoms with Gasteiger partial charge in [-0.3, -0.25) is 9.78 Å². The predicted molar refractivity (Wildman–Crippen MR) is 67.7 cm³/mol. The normalized spacial score (nSPS) is 10.4. The lowest BCUT2D eigenvalue weighted by Gasteiger charge is -2.09. The van der Waals surface area contributed by atoms with Crippen LogP contribution in [0.1, 0.15) is 16.1 Å². The van der Waals surface area contributed by atoms with Gasteiger partial charge in [-0.2, -0.15) is 0 Å². The second-order valence-electron chi connectivity index (χ2n) is 4.12. The van der Waals surface area contributed by atoms with E-state index < -0.39 is 29.0 Å². The SMILES string of the molecule is Cc1cc(N)c(C(=O)Nc2cc(F)cc(F)c2F)cn1. The van der Waals surface area contributed by atoms with Crippen molar-refractivity contribution in [2.75, 3.05) is 11.1 Å². The number of anilines is 2. The number of halogens is 3. The number of nitrogens with zero attached hydrogens (tertiary/aromatic N) is 1. The first-order valence-electron chi connectivity index (χ1n) is 5.56. The summed E-state index contributed by atoms with van der Waals surface area (Å²) in [6, 6.07) is 2.51. The zero-order chi connectivity index (χ0) is 14.9. The standard InChI is InChI=1S/C13H10F3N3O/c1-6-2-10(17)8(5-18-6)13(20)19-11-4-7(14)3-9(15)12(11)16/h2-5H,1H3,(H2,17,18)(H,19,20). The fourth-order valence-electron chi connectivity index (χ4n) is 1.61. The summed E-state index contributed by atoms with van der Waals surface area (Å²) in [5.41, 5.74) is 5.74. The average molecular weight is 281 g/mol. The van der Waals surface area contributed by atoms with Gasteiger partial charge in [0.25, 0.3) is 5.91 Å². The molecule has 0 aliphatic heterocycles. The molecule has 0 fully saturated rings.